The minimum Gasteiger partial charge on any atom is -0.395 e. The number of halogens is 1. The monoisotopic (exact) mass is 360 g/mol. The highest BCUT2D eigenvalue weighted by Crippen LogP contribution is 2.27. The predicted octanol–water partition coefficient (Wildman–Crippen LogP) is 3.41. The first-order valence-electron chi connectivity index (χ1n) is 7.68. The Kier molecular flexibility index (Phi) is 5.13. The number of fused-ring (bicyclic) bond motifs is 1. The van der Waals surface area contributed by atoms with Crippen LogP contribution in [-0.2, 0) is 19.5 Å². The van der Waals surface area contributed by atoms with Crippen molar-refractivity contribution < 1.29 is 5.11 Å². The lowest BCUT2D eigenvalue weighted by Crippen LogP contribution is -2.26. The van der Waals surface area contributed by atoms with Crippen molar-refractivity contribution in [2.75, 3.05) is 25.0 Å². The van der Waals surface area contributed by atoms with Crippen molar-refractivity contribution in [3.8, 4) is 0 Å². The molecule has 0 atom stereocenters. The molecule has 1 heterocycles. The van der Waals surface area contributed by atoms with Gasteiger partial charge in [0.15, 0.2) is 0 Å². The fourth-order valence-electron chi connectivity index (χ4n) is 3.03. The van der Waals surface area contributed by atoms with Crippen molar-refractivity contribution in [3.05, 3.63) is 63.6 Å². The van der Waals surface area contributed by atoms with E-state index in [-0.39, 0.29) is 6.61 Å². The molecule has 0 spiro atoms. The molecule has 3 rings (SSSR count). The van der Waals surface area contributed by atoms with Gasteiger partial charge in [0.1, 0.15) is 0 Å². The van der Waals surface area contributed by atoms with Crippen molar-refractivity contribution in [3.63, 3.8) is 0 Å². The molecule has 0 unspecified atom stereocenters. The second kappa shape index (κ2) is 7.27. The van der Waals surface area contributed by atoms with Gasteiger partial charge in [-0.15, -0.1) is 0 Å². The van der Waals surface area contributed by atoms with Gasteiger partial charge in [-0.25, -0.2) is 0 Å². The number of aliphatic hydroxyl groups is 1. The van der Waals surface area contributed by atoms with Crippen LogP contribution in [0, 0.1) is 0 Å². The lowest BCUT2D eigenvalue weighted by molar-refractivity contribution is 0.184. The molecule has 1 aliphatic rings. The standard InChI is InChI=1S/C18H21BrN2O/c19-17-6-1-3-14(11-17)12-21(9-10-22)13-16-5-2-4-15-7-8-20-18(15)16/h1-6,11,20,22H,7-10,12-13H2. The number of nitrogens with one attached hydrogen (secondary N) is 1. The van der Waals surface area contributed by atoms with Crippen LogP contribution in [0.1, 0.15) is 16.7 Å². The zero-order valence-corrected chi connectivity index (χ0v) is 14.1. The molecule has 2 aromatic rings. The number of rotatable bonds is 6. The minimum absolute atomic E-state index is 0.177. The van der Waals surface area contributed by atoms with Crippen molar-refractivity contribution in [1.29, 1.82) is 0 Å². The third-order valence-corrected chi connectivity index (χ3v) is 4.53. The van der Waals surface area contributed by atoms with Gasteiger partial charge in [-0.2, -0.15) is 0 Å². The van der Waals surface area contributed by atoms with Crippen LogP contribution in [0.3, 0.4) is 0 Å². The molecule has 0 saturated heterocycles. The summed E-state index contributed by atoms with van der Waals surface area (Å²) in [5, 5.41) is 12.9. The van der Waals surface area contributed by atoms with Crippen LogP contribution in [0.2, 0.25) is 0 Å². The van der Waals surface area contributed by atoms with Crippen LogP contribution in [0.15, 0.2) is 46.9 Å². The molecule has 0 amide bonds. The van der Waals surface area contributed by atoms with E-state index in [0.717, 1.165) is 30.5 Å². The SMILES string of the molecule is OCCN(Cc1cccc(Br)c1)Cc1cccc2c1NCC2. The maximum Gasteiger partial charge on any atom is 0.0558 e. The Hall–Kier alpha value is -1.36. The summed E-state index contributed by atoms with van der Waals surface area (Å²) >= 11 is 3.52. The van der Waals surface area contributed by atoms with E-state index in [1.165, 1.54) is 22.4 Å². The second-order valence-corrected chi connectivity index (χ2v) is 6.61. The third-order valence-electron chi connectivity index (χ3n) is 4.04. The molecule has 3 nitrogen and oxygen atoms in total. The maximum absolute atomic E-state index is 9.37. The summed E-state index contributed by atoms with van der Waals surface area (Å²) in [6.07, 6.45) is 1.11. The minimum atomic E-state index is 0.177. The highest BCUT2D eigenvalue weighted by molar-refractivity contribution is 9.10. The van der Waals surface area contributed by atoms with E-state index >= 15 is 0 Å². The van der Waals surface area contributed by atoms with Gasteiger partial charge in [0.05, 0.1) is 6.61 Å². The zero-order valence-electron chi connectivity index (χ0n) is 12.6. The van der Waals surface area contributed by atoms with Crippen molar-refractivity contribution in [2.24, 2.45) is 0 Å². The summed E-state index contributed by atoms with van der Waals surface area (Å²) < 4.78 is 1.09. The Morgan fingerprint density at radius 1 is 1.14 bits per heavy atom. The lowest BCUT2D eigenvalue weighted by Gasteiger charge is -2.23. The molecule has 4 heteroatoms. The summed E-state index contributed by atoms with van der Waals surface area (Å²) in [5.74, 6) is 0. The maximum atomic E-state index is 9.37. The van der Waals surface area contributed by atoms with Crippen molar-refractivity contribution in [2.45, 2.75) is 19.5 Å². The molecular formula is C18H21BrN2O. The fourth-order valence-corrected chi connectivity index (χ4v) is 3.48. The largest absolute Gasteiger partial charge is 0.395 e. The van der Waals surface area contributed by atoms with E-state index in [1.807, 2.05) is 6.07 Å². The molecule has 22 heavy (non-hydrogen) atoms. The van der Waals surface area contributed by atoms with Crippen LogP contribution < -0.4 is 5.32 Å². The Labute approximate surface area is 140 Å². The van der Waals surface area contributed by atoms with Crippen molar-refractivity contribution >= 4 is 21.6 Å². The molecule has 0 bridgehead atoms. The van der Waals surface area contributed by atoms with Gasteiger partial charge in [-0.3, -0.25) is 4.90 Å². The molecule has 0 saturated carbocycles. The molecule has 116 valence electrons. The molecule has 1 aliphatic heterocycles. The Bertz CT molecular complexity index is 645. The predicted molar refractivity (Wildman–Crippen MR) is 94.0 cm³/mol. The van der Waals surface area contributed by atoms with Crippen molar-refractivity contribution in [1.82, 2.24) is 4.90 Å². The third kappa shape index (κ3) is 3.69. The lowest BCUT2D eigenvalue weighted by atomic mass is 10.1. The van der Waals surface area contributed by atoms with Crippen LogP contribution in [0.5, 0.6) is 0 Å². The van der Waals surface area contributed by atoms with E-state index in [2.05, 4.69) is 62.5 Å². The van der Waals surface area contributed by atoms with Crippen LogP contribution in [0.4, 0.5) is 5.69 Å². The first-order valence-corrected chi connectivity index (χ1v) is 8.48. The number of para-hydroxylation sites is 1. The van der Waals surface area contributed by atoms with Gasteiger partial charge in [-0.05, 0) is 35.2 Å². The molecule has 0 aliphatic carbocycles. The number of anilines is 1. The molecular weight excluding hydrogens is 340 g/mol. The van der Waals surface area contributed by atoms with Gasteiger partial charge in [-0.1, -0.05) is 46.3 Å². The van der Waals surface area contributed by atoms with Gasteiger partial charge in [0, 0.05) is 36.3 Å². The average Bonchev–Trinajstić information content (AvgIpc) is 2.97. The quantitative estimate of drug-likeness (QED) is 0.828. The first-order chi connectivity index (χ1) is 10.8. The smallest absolute Gasteiger partial charge is 0.0558 e. The fraction of sp³-hybridized carbons (Fsp3) is 0.333. The number of hydrogen-bond acceptors (Lipinski definition) is 3. The Morgan fingerprint density at radius 3 is 2.82 bits per heavy atom. The van der Waals surface area contributed by atoms with Gasteiger partial charge < -0.3 is 10.4 Å². The number of aliphatic hydroxyl groups excluding tert-OH is 1. The van der Waals surface area contributed by atoms with E-state index < -0.39 is 0 Å². The van der Waals surface area contributed by atoms with E-state index in [9.17, 15) is 5.11 Å². The average molecular weight is 361 g/mol. The molecule has 2 N–H and O–H groups in total. The summed E-state index contributed by atoms with van der Waals surface area (Å²) in [5.41, 5.74) is 5.27. The zero-order chi connectivity index (χ0) is 15.4. The van der Waals surface area contributed by atoms with Crippen LogP contribution >= 0.6 is 15.9 Å². The van der Waals surface area contributed by atoms with E-state index in [1.54, 1.807) is 0 Å². The first kappa shape index (κ1) is 15.5. The molecule has 0 aromatic heterocycles. The topological polar surface area (TPSA) is 35.5 Å². The Balaban J connectivity index is 1.76. The number of nitrogens with zero attached hydrogens (tertiary/aromatic N) is 1. The van der Waals surface area contributed by atoms with E-state index in [4.69, 9.17) is 0 Å². The second-order valence-electron chi connectivity index (χ2n) is 5.69. The van der Waals surface area contributed by atoms with E-state index in [0.29, 0.717) is 6.54 Å². The molecule has 0 fully saturated rings. The Morgan fingerprint density at radius 2 is 2.00 bits per heavy atom. The summed E-state index contributed by atoms with van der Waals surface area (Å²) in [4.78, 5) is 2.29. The number of hydrogen-bond donors (Lipinski definition) is 2. The molecule has 2 aromatic carbocycles. The normalized spacial score (nSPS) is 13.2. The molecule has 0 radical (unpaired) electrons. The number of benzene rings is 2. The van der Waals surface area contributed by atoms with Crippen LogP contribution in [-0.4, -0.2) is 29.7 Å². The highest BCUT2D eigenvalue weighted by Gasteiger charge is 2.16. The van der Waals surface area contributed by atoms with Crippen LogP contribution in [0.25, 0.3) is 0 Å². The summed E-state index contributed by atoms with van der Waals surface area (Å²) in [7, 11) is 0. The van der Waals surface area contributed by atoms with Gasteiger partial charge in [0.25, 0.3) is 0 Å². The van der Waals surface area contributed by atoms with Gasteiger partial charge >= 0.3 is 0 Å². The van der Waals surface area contributed by atoms with Gasteiger partial charge in [0.2, 0.25) is 0 Å². The summed E-state index contributed by atoms with van der Waals surface area (Å²) in [6, 6.07) is 14.9. The summed E-state index contributed by atoms with van der Waals surface area (Å²) in [6.45, 7) is 3.57. The highest BCUT2D eigenvalue weighted by atomic mass is 79.9.